The zero-order chi connectivity index (χ0) is 26.2. The molecule has 3 aromatic rings. The summed E-state index contributed by atoms with van der Waals surface area (Å²) in [7, 11) is -2.58. The van der Waals surface area contributed by atoms with Crippen LogP contribution in [-0.4, -0.2) is 53.2 Å². The van der Waals surface area contributed by atoms with Gasteiger partial charge < -0.3 is 19.1 Å². The van der Waals surface area contributed by atoms with Crippen LogP contribution in [0.2, 0.25) is 5.02 Å². The van der Waals surface area contributed by atoms with Gasteiger partial charge in [-0.3, -0.25) is 9.10 Å². The standard InChI is InChI=1S/C26H23ClN2O7S/c1-34-26(31)24-15-28(21-8-4-5-9-23(21)36-24)25(30)16-35-22-11-10-18(14-19(22)27)37(32,33)29-13-12-17-6-2-3-7-20(17)29/h2-11,14,24H,12-13,15-16H2,1H3/t24-/m1/s1. The van der Waals surface area contributed by atoms with E-state index in [1.807, 2.05) is 12.1 Å². The number of halogens is 1. The van der Waals surface area contributed by atoms with Crippen molar-refractivity contribution in [1.29, 1.82) is 0 Å². The molecule has 192 valence electrons. The topological polar surface area (TPSA) is 102 Å². The molecule has 3 aromatic carbocycles. The Hall–Kier alpha value is -3.76. The van der Waals surface area contributed by atoms with Crippen LogP contribution in [0.1, 0.15) is 5.56 Å². The predicted octanol–water partition coefficient (Wildman–Crippen LogP) is 3.44. The molecule has 0 bridgehead atoms. The van der Waals surface area contributed by atoms with E-state index in [1.54, 1.807) is 36.4 Å². The number of anilines is 2. The highest BCUT2D eigenvalue weighted by Gasteiger charge is 2.35. The van der Waals surface area contributed by atoms with Crippen molar-refractivity contribution < 1.29 is 32.2 Å². The molecule has 0 unspecified atom stereocenters. The number of rotatable bonds is 6. The minimum Gasteiger partial charge on any atom is -0.482 e. The van der Waals surface area contributed by atoms with Gasteiger partial charge in [-0.05, 0) is 48.4 Å². The van der Waals surface area contributed by atoms with Crippen LogP contribution in [0.5, 0.6) is 11.5 Å². The second-order valence-electron chi connectivity index (χ2n) is 8.44. The minimum absolute atomic E-state index is 0.0240. The maximum atomic E-state index is 13.3. The Balaban J connectivity index is 1.31. The number of amides is 1. The van der Waals surface area contributed by atoms with Crippen molar-refractivity contribution in [2.24, 2.45) is 0 Å². The maximum absolute atomic E-state index is 13.3. The van der Waals surface area contributed by atoms with Gasteiger partial charge in [0.2, 0.25) is 6.10 Å². The first-order chi connectivity index (χ1) is 17.8. The van der Waals surface area contributed by atoms with E-state index in [1.165, 1.54) is 34.5 Å². The van der Waals surface area contributed by atoms with E-state index in [-0.39, 0.29) is 22.2 Å². The number of hydrogen-bond donors (Lipinski definition) is 0. The molecule has 0 aromatic heterocycles. The molecule has 0 aliphatic carbocycles. The highest BCUT2D eigenvalue weighted by atomic mass is 35.5. The summed E-state index contributed by atoms with van der Waals surface area (Å²) in [6, 6.07) is 18.3. The zero-order valence-electron chi connectivity index (χ0n) is 19.8. The van der Waals surface area contributed by atoms with Crippen molar-refractivity contribution in [2.75, 3.05) is 36.0 Å². The molecule has 2 heterocycles. The van der Waals surface area contributed by atoms with Crippen LogP contribution >= 0.6 is 11.6 Å². The molecule has 0 radical (unpaired) electrons. The van der Waals surface area contributed by atoms with Gasteiger partial charge in [-0.15, -0.1) is 0 Å². The number of esters is 1. The molecule has 11 heteroatoms. The van der Waals surface area contributed by atoms with Crippen molar-refractivity contribution in [2.45, 2.75) is 17.4 Å². The van der Waals surface area contributed by atoms with Gasteiger partial charge in [0, 0.05) is 6.54 Å². The molecule has 9 nitrogen and oxygen atoms in total. The van der Waals surface area contributed by atoms with E-state index >= 15 is 0 Å². The van der Waals surface area contributed by atoms with Gasteiger partial charge in [0.25, 0.3) is 15.9 Å². The normalized spacial score (nSPS) is 16.4. The predicted molar refractivity (Wildman–Crippen MR) is 137 cm³/mol. The molecule has 0 N–H and O–H groups in total. The molecule has 37 heavy (non-hydrogen) atoms. The minimum atomic E-state index is -3.83. The van der Waals surface area contributed by atoms with E-state index in [2.05, 4.69) is 0 Å². The van der Waals surface area contributed by atoms with Crippen molar-refractivity contribution in [3.63, 3.8) is 0 Å². The first-order valence-electron chi connectivity index (χ1n) is 11.5. The Kier molecular flexibility index (Phi) is 6.70. The Morgan fingerprint density at radius 2 is 1.78 bits per heavy atom. The Morgan fingerprint density at radius 1 is 1.05 bits per heavy atom. The summed E-state index contributed by atoms with van der Waals surface area (Å²) in [5, 5.41) is 0.0520. The van der Waals surface area contributed by atoms with E-state index < -0.39 is 34.6 Å². The quantitative estimate of drug-likeness (QED) is 0.440. The van der Waals surface area contributed by atoms with Gasteiger partial charge >= 0.3 is 5.97 Å². The maximum Gasteiger partial charge on any atom is 0.348 e. The van der Waals surface area contributed by atoms with Gasteiger partial charge in [-0.1, -0.05) is 41.9 Å². The third-order valence-corrected chi connectivity index (χ3v) is 8.33. The summed E-state index contributed by atoms with van der Waals surface area (Å²) in [5.74, 6) is -0.518. The third-order valence-electron chi connectivity index (χ3n) is 6.23. The average Bonchev–Trinajstić information content (AvgIpc) is 3.36. The Morgan fingerprint density at radius 3 is 2.54 bits per heavy atom. The lowest BCUT2D eigenvalue weighted by molar-refractivity contribution is -0.148. The lowest BCUT2D eigenvalue weighted by Gasteiger charge is -2.33. The monoisotopic (exact) mass is 542 g/mol. The molecule has 0 saturated carbocycles. The molecule has 0 spiro atoms. The third kappa shape index (κ3) is 4.70. The number of carbonyl (C=O) groups excluding carboxylic acids is 2. The number of fused-ring (bicyclic) bond motifs is 2. The second-order valence-corrected chi connectivity index (χ2v) is 10.7. The molecule has 5 rings (SSSR count). The van der Waals surface area contributed by atoms with Crippen LogP contribution < -0.4 is 18.7 Å². The number of sulfonamides is 1. The van der Waals surface area contributed by atoms with Crippen LogP contribution in [0.3, 0.4) is 0 Å². The summed E-state index contributed by atoms with van der Waals surface area (Å²) < 4.78 is 44.0. The average molecular weight is 543 g/mol. The number of para-hydroxylation sites is 3. The molecule has 2 aliphatic rings. The van der Waals surface area contributed by atoms with E-state index in [9.17, 15) is 18.0 Å². The summed E-state index contributed by atoms with van der Waals surface area (Å²) in [5.41, 5.74) is 2.12. The second kappa shape index (κ2) is 9.95. The largest absolute Gasteiger partial charge is 0.482 e. The lowest BCUT2D eigenvalue weighted by Crippen LogP contribution is -2.48. The van der Waals surface area contributed by atoms with Crippen LogP contribution in [0.15, 0.2) is 71.6 Å². The van der Waals surface area contributed by atoms with Gasteiger partial charge in [0.1, 0.15) is 11.5 Å². The number of benzene rings is 3. The highest BCUT2D eigenvalue weighted by molar-refractivity contribution is 7.92. The first kappa shape index (κ1) is 24.9. The summed E-state index contributed by atoms with van der Waals surface area (Å²) in [4.78, 5) is 26.5. The Labute approximate surface area is 219 Å². The van der Waals surface area contributed by atoms with Crippen molar-refractivity contribution in [3.8, 4) is 11.5 Å². The number of hydrogen-bond acceptors (Lipinski definition) is 7. The Bertz CT molecular complexity index is 1480. The van der Waals surface area contributed by atoms with Gasteiger partial charge in [-0.2, -0.15) is 0 Å². The lowest BCUT2D eigenvalue weighted by atomic mass is 10.2. The molecule has 2 aliphatic heterocycles. The number of carbonyl (C=O) groups is 2. The van der Waals surface area contributed by atoms with Crippen molar-refractivity contribution in [1.82, 2.24) is 0 Å². The fourth-order valence-electron chi connectivity index (χ4n) is 4.39. The van der Waals surface area contributed by atoms with Crippen LogP contribution in [0.4, 0.5) is 11.4 Å². The molecule has 1 atom stereocenters. The fraction of sp³-hybridized carbons (Fsp3) is 0.231. The van der Waals surface area contributed by atoms with Gasteiger partial charge in [0.15, 0.2) is 6.61 Å². The molecule has 0 saturated heterocycles. The van der Waals surface area contributed by atoms with Crippen LogP contribution in [-0.2, 0) is 30.8 Å². The fourth-order valence-corrected chi connectivity index (χ4v) is 6.22. The SMILES string of the molecule is COC(=O)[C@H]1CN(C(=O)COc2ccc(S(=O)(=O)N3CCc4ccccc43)cc2Cl)c2ccccc2O1. The van der Waals surface area contributed by atoms with Crippen LogP contribution in [0, 0.1) is 0 Å². The van der Waals surface area contributed by atoms with E-state index in [0.29, 0.717) is 30.1 Å². The molecular weight excluding hydrogens is 520 g/mol. The van der Waals surface area contributed by atoms with Crippen LogP contribution in [0.25, 0.3) is 0 Å². The van der Waals surface area contributed by atoms with Gasteiger partial charge in [-0.25, -0.2) is 13.2 Å². The van der Waals surface area contributed by atoms with Gasteiger partial charge in [0.05, 0.1) is 34.9 Å². The summed E-state index contributed by atoms with van der Waals surface area (Å²) >= 11 is 6.36. The van der Waals surface area contributed by atoms with Crippen molar-refractivity contribution in [3.05, 3.63) is 77.3 Å². The summed E-state index contributed by atoms with van der Waals surface area (Å²) in [6.07, 6.45) is -0.346. The number of ether oxygens (including phenoxy) is 3. The smallest absolute Gasteiger partial charge is 0.348 e. The first-order valence-corrected chi connectivity index (χ1v) is 13.3. The molecule has 1 amide bonds. The zero-order valence-corrected chi connectivity index (χ0v) is 21.4. The summed E-state index contributed by atoms with van der Waals surface area (Å²) in [6.45, 7) is -0.0959. The van der Waals surface area contributed by atoms with Crippen molar-refractivity contribution >= 4 is 44.9 Å². The molecular formula is C26H23ClN2O7S. The van der Waals surface area contributed by atoms with E-state index in [4.69, 9.17) is 25.8 Å². The molecule has 0 fully saturated rings. The number of nitrogens with zero attached hydrogens (tertiary/aromatic N) is 2. The highest BCUT2D eigenvalue weighted by Crippen LogP contribution is 2.36. The van der Waals surface area contributed by atoms with E-state index in [0.717, 1.165) is 5.56 Å². The number of methoxy groups -OCH3 is 1.